The number of carboxylic acid groups (broad SMARTS) is 1. The summed E-state index contributed by atoms with van der Waals surface area (Å²) in [4.78, 5) is 34.0. The second-order valence-electron chi connectivity index (χ2n) is 5.11. The number of methoxy groups -OCH3 is 1. The Morgan fingerprint density at radius 3 is 2.60 bits per heavy atom. The lowest BCUT2D eigenvalue weighted by Crippen LogP contribution is -2.30. The van der Waals surface area contributed by atoms with Crippen LogP contribution in [0.5, 0.6) is 0 Å². The van der Waals surface area contributed by atoms with Gasteiger partial charge in [-0.2, -0.15) is 0 Å². The predicted molar refractivity (Wildman–Crippen MR) is 86.0 cm³/mol. The van der Waals surface area contributed by atoms with E-state index in [9.17, 15) is 14.4 Å². The smallest absolute Gasteiger partial charge is 0.322 e. The molecule has 1 aromatic carbocycles. The molecule has 3 N–H and O–H groups in total. The number of nitrogens with zero attached hydrogens (tertiary/aromatic N) is 1. The normalized spacial score (nSPS) is 10.3. The molecule has 2 aromatic rings. The first-order valence-corrected chi connectivity index (χ1v) is 7.31. The molecule has 0 saturated heterocycles. The molecule has 1 aromatic heterocycles. The van der Waals surface area contributed by atoms with Crippen LogP contribution in [0.2, 0.25) is 0 Å². The standard InChI is InChI=1S/C16H17N3O6/c1-24-9-12-7-13(19-25-12)16(23)18-11-4-2-10(3-5-11)6-14(20)17-8-15(21)22/h2-5,7H,6,8-9H2,1H3,(H,17,20)(H,18,23)(H,21,22). The highest BCUT2D eigenvalue weighted by Crippen LogP contribution is 2.12. The van der Waals surface area contributed by atoms with Gasteiger partial charge in [-0.3, -0.25) is 14.4 Å². The van der Waals surface area contributed by atoms with Crippen LogP contribution in [0.4, 0.5) is 5.69 Å². The molecule has 1 heterocycles. The van der Waals surface area contributed by atoms with Gasteiger partial charge in [0, 0.05) is 18.9 Å². The second-order valence-corrected chi connectivity index (χ2v) is 5.11. The molecule has 0 atom stereocenters. The van der Waals surface area contributed by atoms with E-state index in [-0.39, 0.29) is 18.7 Å². The van der Waals surface area contributed by atoms with Gasteiger partial charge in [-0.25, -0.2) is 0 Å². The molecule has 0 bridgehead atoms. The molecule has 0 spiro atoms. The van der Waals surface area contributed by atoms with E-state index in [1.807, 2.05) is 0 Å². The zero-order valence-corrected chi connectivity index (χ0v) is 13.4. The van der Waals surface area contributed by atoms with Crippen LogP contribution in [0.1, 0.15) is 21.8 Å². The Morgan fingerprint density at radius 1 is 1.24 bits per heavy atom. The number of carbonyl (C=O) groups is 3. The van der Waals surface area contributed by atoms with Crippen molar-refractivity contribution in [3.63, 3.8) is 0 Å². The van der Waals surface area contributed by atoms with Crippen molar-refractivity contribution in [3.05, 3.63) is 47.3 Å². The average molecular weight is 347 g/mol. The summed E-state index contributed by atoms with van der Waals surface area (Å²) in [5.41, 5.74) is 1.34. The predicted octanol–water partition coefficient (Wildman–Crippen LogP) is 0.817. The van der Waals surface area contributed by atoms with Crippen LogP contribution in [0.3, 0.4) is 0 Å². The molecule has 25 heavy (non-hydrogen) atoms. The highest BCUT2D eigenvalue weighted by Gasteiger charge is 2.13. The van der Waals surface area contributed by atoms with E-state index in [0.29, 0.717) is 17.0 Å². The molecule has 2 amide bonds. The van der Waals surface area contributed by atoms with Crippen LogP contribution in [0.15, 0.2) is 34.9 Å². The molecule has 0 aliphatic carbocycles. The summed E-state index contributed by atoms with van der Waals surface area (Å²) in [5, 5.41) is 17.1. The lowest BCUT2D eigenvalue weighted by molar-refractivity contribution is -0.137. The van der Waals surface area contributed by atoms with Gasteiger partial charge in [-0.1, -0.05) is 17.3 Å². The zero-order chi connectivity index (χ0) is 18.2. The molecule has 132 valence electrons. The Kier molecular flexibility index (Phi) is 6.24. The van der Waals surface area contributed by atoms with Crippen molar-refractivity contribution in [2.24, 2.45) is 0 Å². The fraction of sp³-hybridized carbons (Fsp3) is 0.250. The van der Waals surface area contributed by atoms with Crippen LogP contribution < -0.4 is 10.6 Å². The Bertz CT molecular complexity index is 753. The van der Waals surface area contributed by atoms with E-state index in [4.69, 9.17) is 14.4 Å². The first-order chi connectivity index (χ1) is 12.0. The summed E-state index contributed by atoms with van der Waals surface area (Å²) in [5.74, 6) is -1.49. The number of rotatable bonds is 8. The number of hydrogen-bond donors (Lipinski definition) is 3. The monoisotopic (exact) mass is 347 g/mol. The summed E-state index contributed by atoms with van der Waals surface area (Å²) >= 11 is 0. The summed E-state index contributed by atoms with van der Waals surface area (Å²) in [6.07, 6.45) is 0.0468. The molecule has 9 heteroatoms. The summed E-state index contributed by atoms with van der Waals surface area (Å²) < 4.78 is 9.83. The third kappa shape index (κ3) is 5.74. The number of ether oxygens (including phenoxy) is 1. The van der Waals surface area contributed by atoms with Gasteiger partial charge in [0.15, 0.2) is 11.5 Å². The summed E-state index contributed by atoms with van der Waals surface area (Å²) in [6.45, 7) is -0.200. The van der Waals surface area contributed by atoms with Crippen LogP contribution in [-0.4, -0.2) is 41.7 Å². The third-order valence-corrected chi connectivity index (χ3v) is 3.09. The molecule has 0 fully saturated rings. The highest BCUT2D eigenvalue weighted by molar-refractivity contribution is 6.02. The Morgan fingerprint density at radius 2 is 1.96 bits per heavy atom. The Labute approximate surface area is 143 Å². The van der Waals surface area contributed by atoms with Gasteiger partial charge in [0.2, 0.25) is 5.91 Å². The number of amides is 2. The quantitative estimate of drug-likeness (QED) is 0.644. The van der Waals surface area contributed by atoms with Crippen LogP contribution in [-0.2, 0) is 27.4 Å². The average Bonchev–Trinajstić information content (AvgIpc) is 3.04. The van der Waals surface area contributed by atoms with Crippen LogP contribution >= 0.6 is 0 Å². The minimum Gasteiger partial charge on any atom is -0.480 e. The van der Waals surface area contributed by atoms with Crippen molar-refractivity contribution in [2.45, 2.75) is 13.0 Å². The molecule has 0 unspecified atom stereocenters. The number of carboxylic acids is 1. The molecule has 0 saturated carbocycles. The topological polar surface area (TPSA) is 131 Å². The Hall–Kier alpha value is -3.20. The molecule has 0 aliphatic heterocycles. The molecular formula is C16H17N3O6. The van der Waals surface area contributed by atoms with E-state index in [2.05, 4.69) is 15.8 Å². The number of anilines is 1. The van der Waals surface area contributed by atoms with E-state index < -0.39 is 24.3 Å². The first-order valence-electron chi connectivity index (χ1n) is 7.31. The summed E-state index contributed by atoms with van der Waals surface area (Å²) in [7, 11) is 1.51. The number of aromatic nitrogens is 1. The maximum Gasteiger partial charge on any atom is 0.322 e. The van der Waals surface area contributed by atoms with Crippen molar-refractivity contribution in [1.29, 1.82) is 0 Å². The molecule has 0 aliphatic rings. The lowest BCUT2D eigenvalue weighted by Gasteiger charge is -2.05. The number of aliphatic carboxylic acids is 1. The van der Waals surface area contributed by atoms with E-state index in [1.165, 1.54) is 13.2 Å². The van der Waals surface area contributed by atoms with Crippen molar-refractivity contribution < 1.29 is 28.8 Å². The van der Waals surface area contributed by atoms with Gasteiger partial charge in [0.05, 0.1) is 6.42 Å². The van der Waals surface area contributed by atoms with Crippen molar-refractivity contribution in [2.75, 3.05) is 19.0 Å². The fourth-order valence-electron chi connectivity index (χ4n) is 1.95. The van der Waals surface area contributed by atoms with E-state index >= 15 is 0 Å². The minimum atomic E-state index is -1.10. The fourth-order valence-corrected chi connectivity index (χ4v) is 1.95. The second kappa shape index (κ2) is 8.60. The van der Waals surface area contributed by atoms with E-state index in [0.717, 1.165) is 0 Å². The van der Waals surface area contributed by atoms with Crippen molar-refractivity contribution in [1.82, 2.24) is 10.5 Å². The zero-order valence-electron chi connectivity index (χ0n) is 13.4. The van der Waals surface area contributed by atoms with Crippen LogP contribution in [0, 0.1) is 0 Å². The maximum atomic E-state index is 12.0. The van der Waals surface area contributed by atoms with Gasteiger partial charge in [-0.15, -0.1) is 0 Å². The van der Waals surface area contributed by atoms with Gasteiger partial charge < -0.3 is 25.0 Å². The van der Waals surface area contributed by atoms with Gasteiger partial charge in [0.25, 0.3) is 5.91 Å². The van der Waals surface area contributed by atoms with Gasteiger partial charge >= 0.3 is 5.97 Å². The van der Waals surface area contributed by atoms with Crippen molar-refractivity contribution >= 4 is 23.5 Å². The molecule has 0 radical (unpaired) electrons. The third-order valence-electron chi connectivity index (χ3n) is 3.09. The maximum absolute atomic E-state index is 12.0. The highest BCUT2D eigenvalue weighted by atomic mass is 16.5. The number of benzene rings is 1. The number of hydrogen-bond acceptors (Lipinski definition) is 6. The largest absolute Gasteiger partial charge is 0.480 e. The number of nitrogens with one attached hydrogen (secondary N) is 2. The molecule has 9 nitrogen and oxygen atoms in total. The molecular weight excluding hydrogens is 330 g/mol. The Balaban J connectivity index is 1.89. The summed E-state index contributed by atoms with van der Waals surface area (Å²) in [6, 6.07) is 8.08. The van der Waals surface area contributed by atoms with E-state index in [1.54, 1.807) is 24.3 Å². The first kappa shape index (κ1) is 18.1. The molecule has 2 rings (SSSR count). The number of carbonyl (C=O) groups excluding carboxylic acids is 2. The minimum absolute atomic E-state index is 0.0468. The lowest BCUT2D eigenvalue weighted by atomic mass is 10.1. The van der Waals surface area contributed by atoms with Gasteiger partial charge in [0.1, 0.15) is 13.2 Å². The van der Waals surface area contributed by atoms with Gasteiger partial charge in [-0.05, 0) is 17.7 Å². The SMILES string of the molecule is COCc1cc(C(=O)Nc2ccc(CC(=O)NCC(=O)O)cc2)no1. The van der Waals surface area contributed by atoms with Crippen molar-refractivity contribution in [3.8, 4) is 0 Å². The van der Waals surface area contributed by atoms with Crippen LogP contribution in [0.25, 0.3) is 0 Å².